The normalized spacial score (nSPS) is 10.9. The van der Waals surface area contributed by atoms with Gasteiger partial charge in [-0.05, 0) is 67.4 Å². The van der Waals surface area contributed by atoms with Crippen LogP contribution >= 0.6 is 22.9 Å². The minimum Gasteiger partial charge on any atom is -0.491 e. The van der Waals surface area contributed by atoms with E-state index in [1.807, 2.05) is 56.3 Å². The molecule has 4 aromatic rings. The maximum absolute atomic E-state index is 9.68. The molecule has 0 saturated heterocycles. The van der Waals surface area contributed by atoms with Crippen molar-refractivity contribution in [3.05, 3.63) is 69.8 Å². The number of anilines is 2. The van der Waals surface area contributed by atoms with E-state index in [-0.39, 0.29) is 19.8 Å². The van der Waals surface area contributed by atoms with E-state index < -0.39 is 0 Å². The van der Waals surface area contributed by atoms with E-state index in [4.69, 9.17) is 21.4 Å². The summed E-state index contributed by atoms with van der Waals surface area (Å²) in [5.41, 5.74) is 5.05. The molecule has 3 N–H and O–H groups in total. The first-order chi connectivity index (χ1) is 16.0. The van der Waals surface area contributed by atoms with E-state index in [0.717, 1.165) is 32.9 Å². The molecule has 0 spiro atoms. The first-order valence-electron chi connectivity index (χ1n) is 10.3. The second kappa shape index (κ2) is 10.3. The molecule has 2 heterocycles. The van der Waals surface area contributed by atoms with Gasteiger partial charge < -0.3 is 20.3 Å². The summed E-state index contributed by atoms with van der Waals surface area (Å²) in [6.45, 7) is 3.97. The zero-order valence-corrected chi connectivity index (χ0v) is 19.7. The van der Waals surface area contributed by atoms with E-state index in [0.29, 0.717) is 27.4 Å². The molecule has 9 heteroatoms. The fourth-order valence-corrected chi connectivity index (χ4v) is 4.60. The number of aryl methyl sites for hydroxylation is 2. The van der Waals surface area contributed by atoms with Crippen molar-refractivity contribution in [2.75, 3.05) is 18.5 Å². The highest BCUT2D eigenvalue weighted by atomic mass is 35.5. The van der Waals surface area contributed by atoms with Crippen molar-refractivity contribution < 1.29 is 14.9 Å². The number of nitrogens with one attached hydrogen (secondary N) is 1. The number of benzene rings is 2. The first kappa shape index (κ1) is 23.1. The number of thiazole rings is 1. The van der Waals surface area contributed by atoms with Gasteiger partial charge in [-0.2, -0.15) is 0 Å². The maximum Gasteiger partial charge on any atom is 0.227 e. The summed E-state index contributed by atoms with van der Waals surface area (Å²) >= 11 is 7.66. The summed E-state index contributed by atoms with van der Waals surface area (Å²) < 4.78 is 5.51. The summed E-state index contributed by atoms with van der Waals surface area (Å²) in [6.07, 6.45) is 1.68. The summed E-state index contributed by atoms with van der Waals surface area (Å²) in [5.74, 6) is 1.15. The number of aromatic nitrogens is 3. The number of aliphatic hydroxyl groups is 2. The van der Waals surface area contributed by atoms with Gasteiger partial charge in [-0.15, -0.1) is 11.3 Å². The fourth-order valence-electron chi connectivity index (χ4n) is 3.39. The van der Waals surface area contributed by atoms with Gasteiger partial charge in [-0.25, -0.2) is 15.0 Å². The average molecular weight is 483 g/mol. The number of hydrogen-bond acceptors (Lipinski definition) is 8. The van der Waals surface area contributed by atoms with Gasteiger partial charge in [-0.3, -0.25) is 0 Å². The lowest BCUT2D eigenvalue weighted by molar-refractivity contribution is 0.200. The lowest BCUT2D eigenvalue weighted by Crippen LogP contribution is -2.03. The van der Waals surface area contributed by atoms with Crippen molar-refractivity contribution in [3.8, 4) is 27.6 Å². The van der Waals surface area contributed by atoms with Crippen LogP contribution in [0.3, 0.4) is 0 Å². The van der Waals surface area contributed by atoms with Crippen LogP contribution in [0.5, 0.6) is 5.75 Å². The zero-order chi connectivity index (χ0) is 23.4. The third-order valence-electron chi connectivity index (χ3n) is 4.79. The number of nitrogens with zero attached hydrogens (tertiary/aromatic N) is 3. The Bertz CT molecular complexity index is 1260. The highest BCUT2D eigenvalue weighted by Gasteiger charge is 2.17. The highest BCUT2D eigenvalue weighted by molar-refractivity contribution is 7.15. The standard InChI is InChI=1S/C24H23ClN4O3S/c1-14-9-16(12-17(25)10-14)22-23(33-21(13-31)29-22)19-5-6-26-24(28-19)27-18-3-4-20(15(2)11-18)32-8-7-30/h3-6,9-12,30-31H,7-8,13H2,1-2H3,(H,26,27,28). The van der Waals surface area contributed by atoms with Crippen LogP contribution in [0.1, 0.15) is 16.1 Å². The SMILES string of the molecule is Cc1cc(Cl)cc(-c2nc(CO)sc2-c2ccnc(Nc3ccc(OCCO)c(C)c3)n2)c1. The molecule has 0 aliphatic rings. The smallest absolute Gasteiger partial charge is 0.227 e. The minimum absolute atomic E-state index is 0.0353. The summed E-state index contributed by atoms with van der Waals surface area (Å²) in [5, 5.41) is 23.1. The Balaban J connectivity index is 1.66. The third kappa shape index (κ3) is 5.48. The van der Waals surface area contributed by atoms with Crippen molar-refractivity contribution in [2.24, 2.45) is 0 Å². The first-order valence-corrected chi connectivity index (χ1v) is 11.5. The molecule has 33 heavy (non-hydrogen) atoms. The highest BCUT2D eigenvalue weighted by Crippen LogP contribution is 2.37. The van der Waals surface area contributed by atoms with Gasteiger partial charge in [0.2, 0.25) is 5.95 Å². The number of rotatable bonds is 8. The quantitative estimate of drug-likeness (QED) is 0.319. The van der Waals surface area contributed by atoms with Crippen molar-refractivity contribution in [1.82, 2.24) is 15.0 Å². The van der Waals surface area contributed by atoms with Gasteiger partial charge in [0.25, 0.3) is 0 Å². The molecular formula is C24H23ClN4O3S. The number of ether oxygens (including phenoxy) is 1. The van der Waals surface area contributed by atoms with Crippen LogP contribution in [-0.4, -0.2) is 38.4 Å². The van der Waals surface area contributed by atoms with E-state index in [1.54, 1.807) is 6.20 Å². The van der Waals surface area contributed by atoms with Crippen LogP contribution in [0.4, 0.5) is 11.6 Å². The lowest BCUT2D eigenvalue weighted by Gasteiger charge is -2.11. The molecule has 0 aliphatic carbocycles. The summed E-state index contributed by atoms with van der Waals surface area (Å²) in [4.78, 5) is 14.5. The number of aliphatic hydroxyl groups excluding tert-OH is 2. The van der Waals surface area contributed by atoms with Gasteiger partial charge in [0.05, 0.1) is 29.5 Å². The molecular weight excluding hydrogens is 460 g/mol. The molecule has 0 atom stereocenters. The van der Waals surface area contributed by atoms with Crippen LogP contribution in [0.15, 0.2) is 48.7 Å². The predicted molar refractivity (Wildman–Crippen MR) is 131 cm³/mol. The maximum atomic E-state index is 9.68. The molecule has 0 amide bonds. The number of hydrogen-bond donors (Lipinski definition) is 3. The van der Waals surface area contributed by atoms with Gasteiger partial charge in [-0.1, -0.05) is 11.6 Å². The minimum atomic E-state index is -0.155. The molecule has 7 nitrogen and oxygen atoms in total. The van der Waals surface area contributed by atoms with Gasteiger partial charge in [0.15, 0.2) is 0 Å². The molecule has 0 unspecified atom stereocenters. The molecule has 170 valence electrons. The summed E-state index contributed by atoms with van der Waals surface area (Å²) in [6, 6.07) is 13.2. The molecule has 0 fully saturated rings. The monoisotopic (exact) mass is 482 g/mol. The molecule has 2 aromatic carbocycles. The van der Waals surface area contributed by atoms with Crippen LogP contribution in [0.25, 0.3) is 21.8 Å². The van der Waals surface area contributed by atoms with Crippen molar-refractivity contribution >= 4 is 34.6 Å². The second-order valence-corrected chi connectivity index (χ2v) is 8.92. The van der Waals surface area contributed by atoms with E-state index in [1.165, 1.54) is 11.3 Å². The Kier molecular flexibility index (Phi) is 7.20. The molecule has 4 rings (SSSR count). The van der Waals surface area contributed by atoms with Crippen LogP contribution in [0, 0.1) is 13.8 Å². The van der Waals surface area contributed by atoms with Gasteiger partial charge in [0, 0.05) is 22.5 Å². The van der Waals surface area contributed by atoms with Crippen LogP contribution < -0.4 is 10.1 Å². The second-order valence-electron chi connectivity index (χ2n) is 7.40. The molecule has 0 bridgehead atoms. The van der Waals surface area contributed by atoms with E-state index >= 15 is 0 Å². The van der Waals surface area contributed by atoms with Gasteiger partial charge >= 0.3 is 0 Å². The third-order valence-corrected chi connectivity index (χ3v) is 6.07. The van der Waals surface area contributed by atoms with Gasteiger partial charge in [0.1, 0.15) is 17.4 Å². The number of halogens is 1. The van der Waals surface area contributed by atoms with Crippen molar-refractivity contribution in [1.29, 1.82) is 0 Å². The Morgan fingerprint density at radius 2 is 1.91 bits per heavy atom. The lowest BCUT2D eigenvalue weighted by atomic mass is 10.1. The summed E-state index contributed by atoms with van der Waals surface area (Å²) in [7, 11) is 0. The largest absolute Gasteiger partial charge is 0.491 e. The predicted octanol–water partition coefficient (Wildman–Crippen LogP) is 5.14. The van der Waals surface area contributed by atoms with Crippen molar-refractivity contribution in [2.45, 2.75) is 20.5 Å². The van der Waals surface area contributed by atoms with E-state index in [2.05, 4.69) is 20.3 Å². The fraction of sp³-hybridized carbons (Fsp3) is 0.208. The topological polar surface area (TPSA) is 100 Å². The average Bonchev–Trinajstić information content (AvgIpc) is 3.23. The van der Waals surface area contributed by atoms with E-state index in [9.17, 15) is 5.11 Å². The Hall–Kier alpha value is -3.04. The Morgan fingerprint density at radius 1 is 1.06 bits per heavy atom. The molecule has 0 saturated carbocycles. The van der Waals surface area contributed by atoms with Crippen LogP contribution in [-0.2, 0) is 6.61 Å². The molecule has 0 radical (unpaired) electrons. The Labute approximate surface area is 200 Å². The van der Waals surface area contributed by atoms with Crippen molar-refractivity contribution in [3.63, 3.8) is 0 Å². The van der Waals surface area contributed by atoms with Crippen LogP contribution in [0.2, 0.25) is 5.02 Å². The Morgan fingerprint density at radius 3 is 2.64 bits per heavy atom. The molecule has 2 aromatic heterocycles. The zero-order valence-electron chi connectivity index (χ0n) is 18.2. The molecule has 0 aliphatic heterocycles.